The first-order valence-electron chi connectivity index (χ1n) is 9.09. The molecule has 2 aromatic carbocycles. The summed E-state index contributed by atoms with van der Waals surface area (Å²) in [6, 6.07) is 12.1. The molecule has 0 spiro atoms. The lowest BCUT2D eigenvalue weighted by Crippen LogP contribution is -2.22. The van der Waals surface area contributed by atoms with E-state index in [1.54, 1.807) is 12.4 Å². The number of nitrogens with two attached hydrogens (primary N) is 1. The summed E-state index contributed by atoms with van der Waals surface area (Å²) < 4.78 is 16.0. The van der Waals surface area contributed by atoms with Crippen LogP contribution in [0.15, 0.2) is 48.8 Å². The second-order valence-electron chi connectivity index (χ2n) is 7.78. The molecule has 0 aliphatic heterocycles. The van der Waals surface area contributed by atoms with Gasteiger partial charge in [-0.3, -0.25) is 0 Å². The third-order valence-electron chi connectivity index (χ3n) is 4.67. The van der Waals surface area contributed by atoms with Crippen molar-refractivity contribution in [1.82, 2.24) is 19.5 Å². The summed E-state index contributed by atoms with van der Waals surface area (Å²) in [7, 11) is 0. The molecule has 4 rings (SSSR count). The third kappa shape index (κ3) is 3.29. The summed E-state index contributed by atoms with van der Waals surface area (Å²) in [5.41, 5.74) is 9.41. The van der Waals surface area contributed by atoms with Crippen LogP contribution in [0.5, 0.6) is 0 Å². The molecule has 29 heavy (non-hydrogen) atoms. The number of halogens is 1. The maximum absolute atomic E-state index is 14.0. The second-order valence-corrected chi connectivity index (χ2v) is 7.78. The molecule has 0 atom stereocenters. The van der Waals surface area contributed by atoms with E-state index in [-0.39, 0.29) is 11.5 Å². The van der Waals surface area contributed by atoms with Gasteiger partial charge in [0.1, 0.15) is 11.6 Å². The molecule has 2 N–H and O–H groups in total. The first-order chi connectivity index (χ1) is 13.8. The monoisotopic (exact) mass is 386 g/mol. The summed E-state index contributed by atoms with van der Waals surface area (Å²) in [5.74, 6) is 0.352. The molecule has 6 nitrogen and oxygen atoms in total. The van der Waals surface area contributed by atoms with Gasteiger partial charge in [-0.1, -0.05) is 6.07 Å². The number of anilines is 1. The van der Waals surface area contributed by atoms with E-state index >= 15 is 0 Å². The van der Waals surface area contributed by atoms with Crippen LogP contribution in [0.2, 0.25) is 0 Å². The molecule has 2 aromatic heterocycles. The molecule has 0 amide bonds. The van der Waals surface area contributed by atoms with Gasteiger partial charge in [-0.2, -0.15) is 5.26 Å². The van der Waals surface area contributed by atoms with E-state index in [1.807, 2.05) is 43.5 Å². The van der Waals surface area contributed by atoms with Crippen molar-refractivity contribution in [3.05, 3.63) is 60.2 Å². The molecular weight excluding hydrogens is 367 g/mol. The fourth-order valence-electron chi connectivity index (χ4n) is 3.41. The van der Waals surface area contributed by atoms with E-state index in [4.69, 9.17) is 10.7 Å². The van der Waals surface area contributed by atoms with Crippen LogP contribution in [-0.4, -0.2) is 19.5 Å². The zero-order valence-electron chi connectivity index (χ0n) is 16.3. The van der Waals surface area contributed by atoms with Gasteiger partial charge in [0.05, 0.1) is 22.7 Å². The number of rotatable bonds is 2. The lowest BCUT2D eigenvalue weighted by atomic mass is 10.0. The predicted molar refractivity (Wildman–Crippen MR) is 110 cm³/mol. The Morgan fingerprint density at radius 1 is 1.03 bits per heavy atom. The highest BCUT2D eigenvalue weighted by Crippen LogP contribution is 2.34. The number of fused-ring (bicyclic) bond motifs is 1. The van der Waals surface area contributed by atoms with Crippen LogP contribution in [0.3, 0.4) is 0 Å². The zero-order valence-corrected chi connectivity index (χ0v) is 16.3. The number of aromatic nitrogens is 4. The Labute approximate surface area is 167 Å². The summed E-state index contributed by atoms with van der Waals surface area (Å²) in [5, 5.41) is 9.52. The smallest absolute Gasteiger partial charge is 0.219 e. The van der Waals surface area contributed by atoms with Crippen LogP contribution >= 0.6 is 0 Å². The van der Waals surface area contributed by atoms with Crippen molar-refractivity contribution >= 4 is 17.0 Å². The number of nitriles is 1. The minimum Gasteiger partial charge on any atom is -0.368 e. The molecule has 2 heterocycles. The quantitative estimate of drug-likeness (QED) is 0.547. The molecule has 0 saturated heterocycles. The van der Waals surface area contributed by atoms with Crippen molar-refractivity contribution in [3.63, 3.8) is 0 Å². The van der Waals surface area contributed by atoms with Gasteiger partial charge in [-0.05, 0) is 56.7 Å². The van der Waals surface area contributed by atoms with E-state index in [0.29, 0.717) is 17.0 Å². The Kier molecular flexibility index (Phi) is 4.27. The number of hydrogen-bond donors (Lipinski definition) is 1. The molecule has 0 aliphatic carbocycles. The van der Waals surface area contributed by atoms with Crippen molar-refractivity contribution < 1.29 is 4.39 Å². The average Bonchev–Trinajstić information content (AvgIpc) is 3.07. The van der Waals surface area contributed by atoms with Crippen molar-refractivity contribution in [2.24, 2.45) is 0 Å². The van der Waals surface area contributed by atoms with Crippen LogP contribution in [0.1, 0.15) is 26.3 Å². The SMILES string of the molecule is CC(C)(C)n1c(-c2cc(F)ccc2C#N)nc2cc(-c3cnc(N)nc3)ccc21. The minimum atomic E-state index is -0.411. The van der Waals surface area contributed by atoms with Gasteiger partial charge in [-0.25, -0.2) is 19.3 Å². The Morgan fingerprint density at radius 3 is 2.41 bits per heavy atom. The third-order valence-corrected chi connectivity index (χ3v) is 4.67. The highest BCUT2D eigenvalue weighted by Gasteiger charge is 2.24. The van der Waals surface area contributed by atoms with Crippen molar-refractivity contribution in [2.75, 3.05) is 5.73 Å². The first kappa shape index (κ1) is 18.6. The molecule has 0 saturated carbocycles. The van der Waals surface area contributed by atoms with Crippen LogP contribution in [0, 0.1) is 17.1 Å². The first-order valence-corrected chi connectivity index (χ1v) is 9.09. The van der Waals surface area contributed by atoms with Gasteiger partial charge in [0.15, 0.2) is 0 Å². The summed E-state index contributed by atoms with van der Waals surface area (Å²) in [6.07, 6.45) is 3.32. The normalized spacial score (nSPS) is 11.6. The topological polar surface area (TPSA) is 93.4 Å². The lowest BCUT2D eigenvalue weighted by molar-refractivity contribution is 0.413. The Hall–Kier alpha value is -3.79. The Balaban J connectivity index is 1.99. The van der Waals surface area contributed by atoms with Crippen LogP contribution in [0.4, 0.5) is 10.3 Å². The molecule has 7 heteroatoms. The van der Waals surface area contributed by atoms with E-state index < -0.39 is 5.82 Å². The van der Waals surface area contributed by atoms with E-state index in [0.717, 1.165) is 22.2 Å². The molecule has 0 radical (unpaired) electrons. The zero-order chi connectivity index (χ0) is 20.8. The molecule has 144 valence electrons. The molecule has 0 bridgehead atoms. The summed E-state index contributed by atoms with van der Waals surface area (Å²) in [6.45, 7) is 6.14. The van der Waals surface area contributed by atoms with E-state index in [2.05, 4.69) is 16.0 Å². The van der Waals surface area contributed by atoms with Crippen LogP contribution < -0.4 is 5.73 Å². The minimum absolute atomic E-state index is 0.212. The van der Waals surface area contributed by atoms with Gasteiger partial charge < -0.3 is 10.3 Å². The number of nitrogen functional groups attached to an aromatic ring is 1. The maximum Gasteiger partial charge on any atom is 0.219 e. The average molecular weight is 386 g/mol. The van der Waals surface area contributed by atoms with Gasteiger partial charge in [0, 0.05) is 29.1 Å². The number of imidazole rings is 1. The van der Waals surface area contributed by atoms with Crippen LogP contribution in [0.25, 0.3) is 33.5 Å². The summed E-state index contributed by atoms with van der Waals surface area (Å²) >= 11 is 0. The van der Waals surface area contributed by atoms with E-state index in [1.165, 1.54) is 18.2 Å². The van der Waals surface area contributed by atoms with Crippen LogP contribution in [-0.2, 0) is 5.54 Å². The number of hydrogen-bond acceptors (Lipinski definition) is 5. The Bertz CT molecular complexity index is 1260. The van der Waals surface area contributed by atoms with Gasteiger partial charge in [0.25, 0.3) is 0 Å². The van der Waals surface area contributed by atoms with Gasteiger partial charge >= 0.3 is 0 Å². The molecule has 0 aliphatic rings. The predicted octanol–water partition coefficient (Wildman–Crippen LogP) is 4.51. The molecular formula is C22H19FN6. The maximum atomic E-state index is 14.0. The number of benzene rings is 2. The summed E-state index contributed by atoms with van der Waals surface area (Å²) in [4.78, 5) is 12.9. The van der Waals surface area contributed by atoms with Gasteiger partial charge in [-0.15, -0.1) is 0 Å². The highest BCUT2D eigenvalue weighted by molar-refractivity contribution is 5.86. The standard InChI is InChI=1S/C22H19FN6/c1-22(2,3)29-19-7-5-13(15-11-26-21(25)27-12-15)8-18(19)28-20(29)17-9-16(23)6-4-14(17)10-24/h4-9,11-12H,1-3H3,(H2,25,26,27). The second kappa shape index (κ2) is 6.67. The molecule has 4 aromatic rings. The highest BCUT2D eigenvalue weighted by atomic mass is 19.1. The van der Waals surface area contributed by atoms with Crippen molar-refractivity contribution in [1.29, 1.82) is 5.26 Å². The number of nitrogens with zero attached hydrogens (tertiary/aromatic N) is 5. The Morgan fingerprint density at radius 2 is 1.76 bits per heavy atom. The largest absolute Gasteiger partial charge is 0.368 e. The van der Waals surface area contributed by atoms with Crippen molar-refractivity contribution in [3.8, 4) is 28.6 Å². The molecule has 0 fully saturated rings. The fourth-order valence-corrected chi connectivity index (χ4v) is 3.41. The van der Waals surface area contributed by atoms with Gasteiger partial charge in [0.2, 0.25) is 5.95 Å². The molecule has 0 unspecified atom stereocenters. The lowest BCUT2D eigenvalue weighted by Gasteiger charge is -2.25. The fraction of sp³-hybridized carbons (Fsp3) is 0.182. The van der Waals surface area contributed by atoms with Crippen molar-refractivity contribution in [2.45, 2.75) is 26.3 Å². The van der Waals surface area contributed by atoms with E-state index in [9.17, 15) is 9.65 Å².